The van der Waals surface area contributed by atoms with Gasteiger partial charge in [0.1, 0.15) is 22.5 Å². The van der Waals surface area contributed by atoms with Gasteiger partial charge in [-0.25, -0.2) is 14.5 Å². The smallest absolute Gasteiger partial charge is 0.410 e. The van der Waals surface area contributed by atoms with E-state index in [1.807, 2.05) is 31.6 Å². The van der Waals surface area contributed by atoms with Gasteiger partial charge in [-0.3, -0.25) is 0 Å². The average Bonchev–Trinajstić information content (AvgIpc) is 3.62. The van der Waals surface area contributed by atoms with Crippen molar-refractivity contribution in [3.8, 4) is 11.9 Å². The first-order chi connectivity index (χ1) is 20.9. The number of nitrogens with two attached hydrogens (primary N) is 1. The van der Waals surface area contributed by atoms with Crippen molar-refractivity contribution >= 4 is 33.9 Å². The average molecular weight is 618 g/mol. The van der Waals surface area contributed by atoms with Gasteiger partial charge < -0.3 is 30.1 Å². The minimum atomic E-state index is -0.517. The first kappa shape index (κ1) is 30.2. The van der Waals surface area contributed by atoms with Gasteiger partial charge in [-0.1, -0.05) is 6.92 Å². The molecule has 0 saturated carbocycles. The van der Waals surface area contributed by atoms with E-state index >= 15 is 0 Å². The highest BCUT2D eigenvalue weighted by atomic mass is 32.1. The van der Waals surface area contributed by atoms with Crippen LogP contribution in [0.1, 0.15) is 62.1 Å². The highest BCUT2D eigenvalue weighted by molar-refractivity contribution is 7.16. The van der Waals surface area contributed by atoms with Crippen molar-refractivity contribution in [1.29, 1.82) is 5.26 Å². The summed E-state index contributed by atoms with van der Waals surface area (Å²) in [5, 5.41) is 15.4. The fourth-order valence-electron chi connectivity index (χ4n) is 6.58. The number of piperazine rings is 2. The molecule has 2 fully saturated rings. The Balaban J connectivity index is 1.31. The van der Waals surface area contributed by atoms with E-state index in [-0.39, 0.29) is 11.5 Å². The molecule has 234 valence electrons. The van der Waals surface area contributed by atoms with Crippen molar-refractivity contribution in [2.45, 2.75) is 58.0 Å². The third-order valence-corrected chi connectivity index (χ3v) is 10.2. The molecule has 2 N–H and O–H groups in total. The van der Waals surface area contributed by atoms with Crippen LogP contribution < -0.4 is 15.5 Å². The number of aryl methyl sites for hydroxylation is 1. The summed E-state index contributed by atoms with van der Waals surface area (Å²) in [6, 6.07) is 6.64. The fourth-order valence-corrected chi connectivity index (χ4v) is 7.77. The van der Waals surface area contributed by atoms with Crippen LogP contribution in [0.25, 0.3) is 5.82 Å². The third kappa shape index (κ3) is 5.83. The number of hydrogen-bond donors (Lipinski definition) is 1. The van der Waals surface area contributed by atoms with Crippen molar-refractivity contribution in [3.63, 3.8) is 0 Å². The summed E-state index contributed by atoms with van der Waals surface area (Å²) in [5.74, 6) is 1.68. The van der Waals surface area contributed by atoms with Gasteiger partial charge in [-0.15, -0.1) is 11.3 Å². The molecule has 6 rings (SSSR count). The van der Waals surface area contributed by atoms with Crippen molar-refractivity contribution in [3.05, 3.63) is 46.1 Å². The van der Waals surface area contributed by atoms with E-state index in [1.54, 1.807) is 16.2 Å². The van der Waals surface area contributed by atoms with Crippen molar-refractivity contribution in [2.24, 2.45) is 0 Å². The van der Waals surface area contributed by atoms with Crippen molar-refractivity contribution < 1.29 is 9.53 Å². The number of ether oxygens (including phenoxy) is 1. The van der Waals surface area contributed by atoms with Crippen LogP contribution in [0.3, 0.4) is 0 Å². The SMILES string of the molecule is CN1CCN(c2cc(N3CCN(C(=O)OC(C)(C)C)CC3)cc(-n3cc(C4(C)CCCc5sc(N)c(C#N)c54)cn3)n2)CC1. The van der Waals surface area contributed by atoms with Gasteiger partial charge in [0.15, 0.2) is 5.82 Å². The molecule has 12 heteroatoms. The highest BCUT2D eigenvalue weighted by Crippen LogP contribution is 2.48. The molecule has 0 radical (unpaired) electrons. The van der Waals surface area contributed by atoms with Gasteiger partial charge in [0.05, 0.1) is 11.8 Å². The van der Waals surface area contributed by atoms with Crippen LogP contribution in [0.15, 0.2) is 24.5 Å². The number of nitrogen functional groups attached to an aromatic ring is 1. The number of likely N-dealkylation sites (N-methyl/N-ethyl adjacent to an activating group) is 1. The molecule has 1 aliphatic carbocycles. The minimum absolute atomic E-state index is 0.263. The molecule has 2 saturated heterocycles. The minimum Gasteiger partial charge on any atom is -0.444 e. The molecule has 44 heavy (non-hydrogen) atoms. The Morgan fingerprint density at radius 3 is 2.43 bits per heavy atom. The molecule has 1 unspecified atom stereocenters. The lowest BCUT2D eigenvalue weighted by molar-refractivity contribution is 0.0240. The van der Waals surface area contributed by atoms with E-state index in [9.17, 15) is 10.1 Å². The first-order valence-electron chi connectivity index (χ1n) is 15.5. The zero-order chi connectivity index (χ0) is 31.2. The molecule has 1 atom stereocenters. The Kier molecular flexibility index (Phi) is 7.96. The Labute approximate surface area is 263 Å². The normalized spacial score (nSPS) is 21.2. The summed E-state index contributed by atoms with van der Waals surface area (Å²) >= 11 is 1.55. The molecule has 0 spiro atoms. The van der Waals surface area contributed by atoms with Crippen LogP contribution >= 0.6 is 11.3 Å². The lowest BCUT2D eigenvalue weighted by Gasteiger charge is -2.38. The zero-order valence-electron chi connectivity index (χ0n) is 26.5. The summed E-state index contributed by atoms with van der Waals surface area (Å²) in [7, 11) is 2.15. The molecule has 0 aromatic carbocycles. The molecular weight excluding hydrogens is 574 g/mol. The topological polar surface area (TPSA) is 120 Å². The first-order valence-corrected chi connectivity index (χ1v) is 16.3. The van der Waals surface area contributed by atoms with E-state index in [2.05, 4.69) is 53.1 Å². The van der Waals surface area contributed by atoms with Crippen LogP contribution in [-0.4, -0.2) is 95.7 Å². The predicted octanol–water partition coefficient (Wildman–Crippen LogP) is 4.23. The lowest BCUT2D eigenvalue weighted by atomic mass is 9.69. The van der Waals surface area contributed by atoms with Gasteiger partial charge in [0.25, 0.3) is 0 Å². The Morgan fingerprint density at radius 2 is 1.75 bits per heavy atom. The van der Waals surface area contributed by atoms with Gasteiger partial charge in [-0.05, 0) is 52.6 Å². The number of pyridine rings is 1. The number of carbonyl (C=O) groups is 1. The Bertz CT molecular complexity index is 1570. The second kappa shape index (κ2) is 11.6. The van der Waals surface area contributed by atoms with Crippen LogP contribution in [0.5, 0.6) is 0 Å². The number of amides is 1. The number of thiophene rings is 1. The molecular formula is C32H43N9O2S. The Hall–Kier alpha value is -3.82. The van der Waals surface area contributed by atoms with Crippen LogP contribution in [0, 0.1) is 11.3 Å². The number of aromatic nitrogens is 3. The van der Waals surface area contributed by atoms with Crippen molar-refractivity contribution in [1.82, 2.24) is 24.6 Å². The fraction of sp³-hybridized carbons (Fsp3) is 0.562. The number of anilines is 3. The lowest BCUT2D eigenvalue weighted by Crippen LogP contribution is -2.50. The molecule has 11 nitrogen and oxygen atoms in total. The van der Waals surface area contributed by atoms with Gasteiger partial charge in [0, 0.05) is 92.2 Å². The number of fused-ring (bicyclic) bond motifs is 1. The summed E-state index contributed by atoms with van der Waals surface area (Å²) < 4.78 is 7.48. The van der Waals surface area contributed by atoms with Crippen LogP contribution in [0.4, 0.5) is 21.3 Å². The molecule has 3 aromatic rings. The molecule has 2 aliphatic heterocycles. The largest absolute Gasteiger partial charge is 0.444 e. The highest BCUT2D eigenvalue weighted by Gasteiger charge is 2.39. The predicted molar refractivity (Wildman–Crippen MR) is 174 cm³/mol. The van der Waals surface area contributed by atoms with Gasteiger partial charge in [0.2, 0.25) is 0 Å². The maximum absolute atomic E-state index is 12.7. The van der Waals surface area contributed by atoms with Crippen molar-refractivity contribution in [2.75, 3.05) is 74.9 Å². The van der Waals surface area contributed by atoms with E-state index in [1.165, 1.54) is 4.88 Å². The monoisotopic (exact) mass is 617 g/mol. The molecule has 5 heterocycles. The van der Waals surface area contributed by atoms with Crippen LogP contribution in [0.2, 0.25) is 0 Å². The number of carbonyl (C=O) groups excluding carboxylic acids is 1. The second-order valence-corrected chi connectivity index (χ2v) is 14.5. The standard InChI is InChI=1S/C32H43N9O2S/c1-31(2,3)43-30(42)40-15-13-38(14-16-40)23-17-26(39-11-9-37(5)10-12-39)36-27(18-23)41-21-22(20-35-41)32(4)8-6-7-25-28(32)24(19-33)29(34)44-25/h17-18,20-21H,6-16,34H2,1-5H3. The maximum atomic E-state index is 12.7. The summed E-state index contributed by atoms with van der Waals surface area (Å²) in [6.07, 6.45) is 6.66. The number of rotatable bonds is 4. The van der Waals surface area contributed by atoms with E-state index < -0.39 is 5.60 Å². The molecule has 3 aliphatic rings. The number of hydrogen-bond acceptors (Lipinski definition) is 10. The van der Waals surface area contributed by atoms with E-state index in [0.717, 1.165) is 73.9 Å². The quantitative estimate of drug-likeness (QED) is 0.459. The molecule has 3 aromatic heterocycles. The van der Waals surface area contributed by atoms with Gasteiger partial charge in [-0.2, -0.15) is 10.4 Å². The maximum Gasteiger partial charge on any atom is 0.410 e. The zero-order valence-corrected chi connectivity index (χ0v) is 27.3. The Morgan fingerprint density at radius 1 is 1.07 bits per heavy atom. The summed E-state index contributed by atoms with van der Waals surface area (Å²) in [6.45, 7) is 14.2. The second-order valence-electron chi connectivity index (χ2n) is 13.4. The van der Waals surface area contributed by atoms with E-state index in [0.29, 0.717) is 36.7 Å². The third-order valence-electron chi connectivity index (χ3n) is 9.11. The van der Waals surface area contributed by atoms with E-state index in [4.69, 9.17) is 20.6 Å². The van der Waals surface area contributed by atoms with Gasteiger partial charge >= 0.3 is 6.09 Å². The summed E-state index contributed by atoms with van der Waals surface area (Å²) in [5.41, 5.74) is 9.23. The number of nitrogens with zero attached hydrogens (tertiary/aromatic N) is 8. The number of nitriles is 1. The molecule has 0 bridgehead atoms. The summed E-state index contributed by atoms with van der Waals surface area (Å²) in [4.78, 5) is 27.8. The molecule has 1 amide bonds. The van der Waals surface area contributed by atoms with Crippen LogP contribution in [-0.2, 0) is 16.6 Å².